The lowest BCUT2D eigenvalue weighted by atomic mass is 9.84. The average molecular weight is 616 g/mol. The second-order valence-electron chi connectivity index (χ2n) is 11.2. The summed E-state index contributed by atoms with van der Waals surface area (Å²) < 4.78 is 34.4. The van der Waals surface area contributed by atoms with Crippen LogP contribution >= 0.6 is 0 Å². The standard InChI is InChI=1S/C23H45N5O14/c24-2-7-13(32)15(34)10(27)21(37-7)41-19-9(4-30)39-23(17(19)36)42-20-12(31)5(25)1-6(26)18(20)40-22-11(28)16(35)14(33)8(3-29)38-22/h5-23,29-36H,1-4,24-28H2/t5-,6+,7+,8-,9-,10-,11-,12+,13-,14-,15-,16-,17-,18-,19-,20-,21-,22+,23+/m1/s1. The Morgan fingerprint density at radius 2 is 1.00 bits per heavy atom. The molecule has 3 aliphatic heterocycles. The zero-order valence-corrected chi connectivity index (χ0v) is 22.7. The highest BCUT2D eigenvalue weighted by atomic mass is 16.8. The highest BCUT2D eigenvalue weighted by Crippen LogP contribution is 2.34. The van der Waals surface area contributed by atoms with Crippen LogP contribution < -0.4 is 28.7 Å². The van der Waals surface area contributed by atoms with Gasteiger partial charge in [-0.15, -0.1) is 0 Å². The fraction of sp³-hybridized carbons (Fsp3) is 1.00. The van der Waals surface area contributed by atoms with Gasteiger partial charge in [0, 0.05) is 18.6 Å². The topological polar surface area (TPSA) is 347 Å². The fourth-order valence-corrected chi connectivity index (χ4v) is 5.70. The summed E-state index contributed by atoms with van der Waals surface area (Å²) >= 11 is 0. The molecule has 0 radical (unpaired) electrons. The molecule has 19 heteroatoms. The van der Waals surface area contributed by atoms with Crippen molar-refractivity contribution in [1.29, 1.82) is 0 Å². The molecule has 0 spiro atoms. The molecule has 0 unspecified atom stereocenters. The zero-order chi connectivity index (χ0) is 31.0. The molecule has 4 rings (SSSR count). The molecular formula is C23H45N5O14. The summed E-state index contributed by atoms with van der Waals surface area (Å²) in [6.07, 6.45) is -20.5. The summed E-state index contributed by atoms with van der Waals surface area (Å²) in [5, 5.41) is 82.3. The van der Waals surface area contributed by atoms with Crippen LogP contribution in [-0.2, 0) is 28.4 Å². The highest BCUT2D eigenvalue weighted by molar-refractivity contribution is 5.02. The monoisotopic (exact) mass is 615 g/mol. The fourth-order valence-electron chi connectivity index (χ4n) is 5.70. The maximum absolute atomic E-state index is 11.1. The number of hydrogen-bond donors (Lipinski definition) is 13. The number of aliphatic hydroxyl groups is 8. The van der Waals surface area contributed by atoms with Gasteiger partial charge in [0.05, 0.1) is 31.4 Å². The van der Waals surface area contributed by atoms with Crippen LogP contribution in [0.1, 0.15) is 6.42 Å². The van der Waals surface area contributed by atoms with Crippen LogP contribution in [0.5, 0.6) is 0 Å². The second-order valence-corrected chi connectivity index (χ2v) is 11.2. The van der Waals surface area contributed by atoms with Crippen molar-refractivity contribution in [3.63, 3.8) is 0 Å². The Balaban J connectivity index is 1.50. The van der Waals surface area contributed by atoms with E-state index in [1.54, 1.807) is 0 Å². The molecule has 246 valence electrons. The summed E-state index contributed by atoms with van der Waals surface area (Å²) in [6.45, 7) is -1.49. The Morgan fingerprint density at radius 3 is 1.55 bits per heavy atom. The summed E-state index contributed by atoms with van der Waals surface area (Å²) in [5.41, 5.74) is 29.9. The zero-order valence-electron chi connectivity index (χ0n) is 22.7. The van der Waals surface area contributed by atoms with Crippen molar-refractivity contribution < 1.29 is 69.3 Å². The molecule has 3 heterocycles. The van der Waals surface area contributed by atoms with Crippen LogP contribution in [0.2, 0.25) is 0 Å². The number of aliphatic hydroxyl groups excluding tert-OH is 8. The minimum absolute atomic E-state index is 0.0642. The first-order valence-electron chi connectivity index (χ1n) is 13.8. The maximum atomic E-state index is 11.1. The Kier molecular flexibility index (Phi) is 11.5. The van der Waals surface area contributed by atoms with Crippen molar-refractivity contribution >= 4 is 0 Å². The van der Waals surface area contributed by atoms with Gasteiger partial charge >= 0.3 is 0 Å². The summed E-state index contributed by atoms with van der Waals surface area (Å²) in [5.74, 6) is 0. The Labute approximate surface area is 240 Å². The van der Waals surface area contributed by atoms with E-state index in [9.17, 15) is 40.9 Å². The number of hydrogen-bond acceptors (Lipinski definition) is 19. The largest absolute Gasteiger partial charge is 0.394 e. The van der Waals surface area contributed by atoms with Gasteiger partial charge in [-0.3, -0.25) is 0 Å². The lowest BCUT2D eigenvalue weighted by Crippen LogP contribution is -2.68. The smallest absolute Gasteiger partial charge is 0.187 e. The van der Waals surface area contributed by atoms with Crippen molar-refractivity contribution in [2.24, 2.45) is 28.7 Å². The second kappa shape index (κ2) is 14.1. The predicted octanol–water partition coefficient (Wildman–Crippen LogP) is -8.86. The first-order chi connectivity index (χ1) is 19.8. The molecular weight excluding hydrogens is 570 g/mol. The molecule has 3 saturated heterocycles. The van der Waals surface area contributed by atoms with E-state index in [4.69, 9.17) is 57.1 Å². The molecule has 1 saturated carbocycles. The normalized spacial score (nSPS) is 53.8. The molecule has 42 heavy (non-hydrogen) atoms. The molecule has 0 amide bonds. The molecule has 0 aromatic carbocycles. The van der Waals surface area contributed by atoms with E-state index in [1.165, 1.54) is 0 Å². The Bertz CT molecular complexity index is 866. The lowest BCUT2D eigenvalue weighted by molar-refractivity contribution is -0.310. The van der Waals surface area contributed by atoms with Crippen molar-refractivity contribution in [3.8, 4) is 0 Å². The quantitative estimate of drug-likeness (QED) is 0.114. The number of rotatable bonds is 9. The van der Waals surface area contributed by atoms with Gasteiger partial charge in [0.1, 0.15) is 67.1 Å². The first kappa shape index (κ1) is 34.1. The van der Waals surface area contributed by atoms with E-state index in [0.717, 1.165) is 0 Å². The van der Waals surface area contributed by atoms with Gasteiger partial charge in [-0.1, -0.05) is 0 Å². The molecule has 19 nitrogen and oxygen atoms in total. The van der Waals surface area contributed by atoms with Gasteiger partial charge in [0.25, 0.3) is 0 Å². The molecule has 19 atom stereocenters. The van der Waals surface area contributed by atoms with Gasteiger partial charge in [0.15, 0.2) is 18.9 Å². The van der Waals surface area contributed by atoms with E-state index < -0.39 is 129 Å². The van der Waals surface area contributed by atoms with Crippen LogP contribution in [0.15, 0.2) is 0 Å². The third-order valence-corrected chi connectivity index (χ3v) is 8.32. The summed E-state index contributed by atoms with van der Waals surface area (Å²) in [4.78, 5) is 0. The van der Waals surface area contributed by atoms with Gasteiger partial charge in [-0.25, -0.2) is 0 Å². The molecule has 0 bridgehead atoms. The molecule has 0 aromatic rings. The van der Waals surface area contributed by atoms with Crippen molar-refractivity contribution in [3.05, 3.63) is 0 Å². The average Bonchev–Trinajstić information content (AvgIpc) is 3.27. The van der Waals surface area contributed by atoms with Gasteiger partial charge in [-0.2, -0.15) is 0 Å². The first-order valence-corrected chi connectivity index (χ1v) is 13.8. The van der Waals surface area contributed by atoms with Crippen molar-refractivity contribution in [1.82, 2.24) is 0 Å². The van der Waals surface area contributed by atoms with Crippen LogP contribution in [0.3, 0.4) is 0 Å². The Morgan fingerprint density at radius 1 is 0.524 bits per heavy atom. The molecule has 4 aliphatic rings. The summed E-state index contributed by atoms with van der Waals surface area (Å²) in [7, 11) is 0. The predicted molar refractivity (Wildman–Crippen MR) is 136 cm³/mol. The number of nitrogens with two attached hydrogens (primary N) is 5. The van der Waals surface area contributed by atoms with Crippen LogP contribution in [0.25, 0.3) is 0 Å². The number of ether oxygens (including phenoxy) is 6. The van der Waals surface area contributed by atoms with Gasteiger partial charge < -0.3 is 97.9 Å². The minimum Gasteiger partial charge on any atom is -0.394 e. The van der Waals surface area contributed by atoms with Crippen molar-refractivity contribution in [2.75, 3.05) is 19.8 Å². The van der Waals surface area contributed by atoms with Gasteiger partial charge in [-0.05, 0) is 6.42 Å². The van der Waals surface area contributed by atoms with Crippen molar-refractivity contribution in [2.45, 2.75) is 123 Å². The van der Waals surface area contributed by atoms with Gasteiger partial charge in [0.2, 0.25) is 0 Å². The third-order valence-electron chi connectivity index (χ3n) is 8.32. The van der Waals surface area contributed by atoms with E-state index in [2.05, 4.69) is 0 Å². The van der Waals surface area contributed by atoms with Crippen LogP contribution in [0.4, 0.5) is 0 Å². The molecule has 0 aromatic heterocycles. The molecule has 1 aliphatic carbocycles. The third kappa shape index (κ3) is 6.60. The Hall–Kier alpha value is -0.760. The molecule has 18 N–H and O–H groups in total. The van der Waals surface area contributed by atoms with E-state index in [1.807, 2.05) is 0 Å². The molecule has 4 fully saturated rings. The van der Waals surface area contributed by atoms with E-state index >= 15 is 0 Å². The van der Waals surface area contributed by atoms with Crippen LogP contribution in [-0.4, -0.2) is 177 Å². The van der Waals surface area contributed by atoms with E-state index in [-0.39, 0.29) is 13.0 Å². The highest BCUT2D eigenvalue weighted by Gasteiger charge is 2.54. The maximum Gasteiger partial charge on any atom is 0.187 e. The summed E-state index contributed by atoms with van der Waals surface area (Å²) in [6, 6.07) is -4.30. The van der Waals surface area contributed by atoms with E-state index in [0.29, 0.717) is 0 Å². The SMILES string of the molecule is NC[C@@H]1O[C@H](O[C@H]2[C@@H](O)[C@H](O[C@@H]3[C@@H](O)[C@H](N)C[C@H](N)[C@H]3O[C@@H]3O[C@H](CO)[C@@H](O)[C@H](O)[C@H]3N)O[C@@H]2CO)[C@H](N)[C@@H](O)[C@@H]1O. The lowest BCUT2D eigenvalue weighted by Gasteiger charge is -2.47. The minimum atomic E-state index is -1.62. The van der Waals surface area contributed by atoms with Crippen LogP contribution in [0, 0.1) is 0 Å².